The van der Waals surface area contributed by atoms with Crippen molar-refractivity contribution in [3.63, 3.8) is 0 Å². The van der Waals surface area contributed by atoms with Crippen LogP contribution in [0.1, 0.15) is 30.7 Å². The lowest BCUT2D eigenvalue weighted by atomic mass is 10.2. The molecule has 16 heavy (non-hydrogen) atoms. The van der Waals surface area contributed by atoms with E-state index in [9.17, 15) is 4.79 Å². The van der Waals surface area contributed by atoms with Gasteiger partial charge in [-0.25, -0.2) is 4.98 Å². The molecule has 1 rings (SSSR count). The van der Waals surface area contributed by atoms with Crippen LogP contribution in [0.2, 0.25) is 0 Å². The molecular weight excluding hydrogens is 204 g/mol. The molecule has 0 bridgehead atoms. The predicted octanol–water partition coefficient (Wildman–Crippen LogP) is 1.16. The Morgan fingerprint density at radius 3 is 2.88 bits per heavy atom. The molecule has 0 saturated heterocycles. The molecule has 1 amide bonds. The van der Waals surface area contributed by atoms with Gasteiger partial charge in [-0.1, -0.05) is 0 Å². The smallest absolute Gasteiger partial charge is 0.217 e. The second kappa shape index (κ2) is 6.05. The maximum absolute atomic E-state index is 10.5. The first-order valence-electron chi connectivity index (χ1n) is 5.42. The summed E-state index contributed by atoms with van der Waals surface area (Å²) in [5.41, 5.74) is 6.83. The van der Waals surface area contributed by atoms with E-state index in [1.807, 2.05) is 13.8 Å². The van der Waals surface area contributed by atoms with Crippen LogP contribution in [0.4, 0.5) is 5.82 Å². The minimum Gasteiger partial charge on any atom is -0.370 e. The first kappa shape index (κ1) is 12.4. The molecule has 88 valence electrons. The quantitative estimate of drug-likeness (QED) is 0.708. The van der Waals surface area contributed by atoms with Crippen LogP contribution in [0.3, 0.4) is 0 Å². The lowest BCUT2D eigenvalue weighted by Gasteiger charge is -2.07. The van der Waals surface area contributed by atoms with E-state index in [4.69, 9.17) is 5.73 Å². The van der Waals surface area contributed by atoms with E-state index in [2.05, 4.69) is 15.3 Å². The van der Waals surface area contributed by atoms with Gasteiger partial charge in [-0.3, -0.25) is 9.78 Å². The lowest BCUT2D eigenvalue weighted by molar-refractivity contribution is -0.118. The number of hydrogen-bond donors (Lipinski definition) is 2. The maximum atomic E-state index is 10.5. The van der Waals surface area contributed by atoms with Gasteiger partial charge in [0.1, 0.15) is 5.82 Å². The van der Waals surface area contributed by atoms with E-state index in [-0.39, 0.29) is 5.91 Å². The highest BCUT2D eigenvalue weighted by Crippen LogP contribution is 2.08. The van der Waals surface area contributed by atoms with E-state index >= 15 is 0 Å². The first-order valence-corrected chi connectivity index (χ1v) is 5.42. The third-order valence-electron chi connectivity index (χ3n) is 2.22. The highest BCUT2D eigenvalue weighted by molar-refractivity contribution is 5.73. The van der Waals surface area contributed by atoms with Crippen molar-refractivity contribution < 1.29 is 4.79 Å². The summed E-state index contributed by atoms with van der Waals surface area (Å²) in [6.45, 7) is 4.61. The first-order chi connectivity index (χ1) is 7.59. The molecule has 0 fully saturated rings. The average Bonchev–Trinajstić information content (AvgIpc) is 2.22. The highest BCUT2D eigenvalue weighted by atomic mass is 16.1. The van der Waals surface area contributed by atoms with E-state index in [1.165, 1.54) is 0 Å². The number of carbonyl (C=O) groups is 1. The molecule has 3 N–H and O–H groups in total. The number of carbonyl (C=O) groups excluding carboxylic acids is 1. The third-order valence-corrected chi connectivity index (χ3v) is 2.22. The van der Waals surface area contributed by atoms with Gasteiger partial charge in [-0.2, -0.15) is 0 Å². The van der Waals surface area contributed by atoms with Crippen LogP contribution in [0.5, 0.6) is 0 Å². The van der Waals surface area contributed by atoms with Crippen molar-refractivity contribution in [3.05, 3.63) is 17.6 Å². The van der Waals surface area contributed by atoms with Gasteiger partial charge in [0.15, 0.2) is 0 Å². The minimum absolute atomic E-state index is 0.244. The van der Waals surface area contributed by atoms with Crippen molar-refractivity contribution in [1.29, 1.82) is 0 Å². The number of anilines is 1. The molecule has 0 aliphatic rings. The highest BCUT2D eigenvalue weighted by Gasteiger charge is 2.01. The number of unbranched alkanes of at least 4 members (excludes halogenated alkanes) is 1. The van der Waals surface area contributed by atoms with Crippen molar-refractivity contribution in [2.75, 3.05) is 11.9 Å². The Bertz CT molecular complexity index is 365. The average molecular weight is 222 g/mol. The molecule has 0 spiro atoms. The fraction of sp³-hybridized carbons (Fsp3) is 0.545. The van der Waals surface area contributed by atoms with Gasteiger partial charge >= 0.3 is 0 Å². The van der Waals surface area contributed by atoms with Gasteiger partial charge in [0, 0.05) is 19.2 Å². The Morgan fingerprint density at radius 2 is 2.19 bits per heavy atom. The van der Waals surface area contributed by atoms with Crippen molar-refractivity contribution in [2.24, 2.45) is 5.73 Å². The summed E-state index contributed by atoms with van der Waals surface area (Å²) in [7, 11) is 0. The number of nitrogens with one attached hydrogen (secondary N) is 1. The summed E-state index contributed by atoms with van der Waals surface area (Å²) < 4.78 is 0. The van der Waals surface area contributed by atoms with Gasteiger partial charge in [-0.15, -0.1) is 0 Å². The Kier molecular flexibility index (Phi) is 4.69. The number of aromatic nitrogens is 2. The van der Waals surface area contributed by atoms with Gasteiger partial charge in [-0.05, 0) is 26.7 Å². The number of amides is 1. The summed E-state index contributed by atoms with van der Waals surface area (Å²) in [6, 6.07) is 0. The molecule has 5 nitrogen and oxygen atoms in total. The SMILES string of the molecule is Cc1cnc(C)c(NCCCCC(N)=O)n1. The second-order valence-corrected chi connectivity index (χ2v) is 3.80. The zero-order valence-corrected chi connectivity index (χ0v) is 9.79. The Morgan fingerprint density at radius 1 is 1.44 bits per heavy atom. The van der Waals surface area contributed by atoms with E-state index in [0.717, 1.165) is 36.6 Å². The van der Waals surface area contributed by atoms with E-state index < -0.39 is 0 Å². The molecule has 0 atom stereocenters. The summed E-state index contributed by atoms with van der Waals surface area (Å²) in [4.78, 5) is 19.1. The molecule has 1 heterocycles. The number of rotatable bonds is 6. The Hall–Kier alpha value is -1.65. The second-order valence-electron chi connectivity index (χ2n) is 3.80. The minimum atomic E-state index is -0.244. The fourth-order valence-electron chi connectivity index (χ4n) is 1.34. The molecule has 0 unspecified atom stereocenters. The van der Waals surface area contributed by atoms with Crippen LogP contribution >= 0.6 is 0 Å². The van der Waals surface area contributed by atoms with Crippen molar-refractivity contribution >= 4 is 11.7 Å². The summed E-state index contributed by atoms with van der Waals surface area (Å²) in [5, 5.41) is 3.20. The standard InChI is InChI=1S/C11H18N4O/c1-8-7-14-9(2)11(15-8)13-6-4-3-5-10(12)16/h7H,3-6H2,1-2H3,(H2,12,16)(H,13,15). The molecule has 0 aliphatic carbocycles. The third kappa shape index (κ3) is 4.25. The molecule has 0 saturated carbocycles. The summed E-state index contributed by atoms with van der Waals surface area (Å²) in [6.07, 6.45) is 3.90. The fourth-order valence-corrected chi connectivity index (χ4v) is 1.34. The maximum Gasteiger partial charge on any atom is 0.217 e. The molecular formula is C11H18N4O. The van der Waals surface area contributed by atoms with Gasteiger partial charge in [0.2, 0.25) is 5.91 Å². The lowest BCUT2D eigenvalue weighted by Crippen LogP contribution is -2.11. The number of nitrogens with zero attached hydrogens (tertiary/aromatic N) is 2. The van der Waals surface area contributed by atoms with Gasteiger partial charge < -0.3 is 11.1 Å². The van der Waals surface area contributed by atoms with Crippen LogP contribution in [-0.2, 0) is 4.79 Å². The van der Waals surface area contributed by atoms with Crippen LogP contribution in [0.15, 0.2) is 6.20 Å². The van der Waals surface area contributed by atoms with Crippen LogP contribution < -0.4 is 11.1 Å². The van der Waals surface area contributed by atoms with Crippen molar-refractivity contribution in [2.45, 2.75) is 33.1 Å². The van der Waals surface area contributed by atoms with Crippen molar-refractivity contribution in [3.8, 4) is 0 Å². The zero-order valence-electron chi connectivity index (χ0n) is 9.79. The summed E-state index contributed by atoms with van der Waals surface area (Å²) >= 11 is 0. The van der Waals surface area contributed by atoms with Crippen molar-refractivity contribution in [1.82, 2.24) is 9.97 Å². The largest absolute Gasteiger partial charge is 0.370 e. The number of nitrogens with two attached hydrogens (primary N) is 1. The van der Waals surface area contributed by atoms with E-state index in [0.29, 0.717) is 6.42 Å². The van der Waals surface area contributed by atoms with Gasteiger partial charge in [0.05, 0.1) is 11.4 Å². The van der Waals surface area contributed by atoms with Crippen LogP contribution in [-0.4, -0.2) is 22.4 Å². The van der Waals surface area contributed by atoms with Crippen LogP contribution in [0.25, 0.3) is 0 Å². The molecule has 0 radical (unpaired) electrons. The zero-order chi connectivity index (χ0) is 12.0. The number of hydrogen-bond acceptors (Lipinski definition) is 4. The molecule has 5 heteroatoms. The Balaban J connectivity index is 2.31. The normalized spacial score (nSPS) is 10.1. The summed E-state index contributed by atoms with van der Waals surface area (Å²) in [5.74, 6) is 0.575. The monoisotopic (exact) mass is 222 g/mol. The molecule has 1 aromatic heterocycles. The number of primary amides is 1. The van der Waals surface area contributed by atoms with Crippen LogP contribution in [0, 0.1) is 13.8 Å². The molecule has 1 aromatic rings. The topological polar surface area (TPSA) is 80.9 Å². The predicted molar refractivity (Wildman–Crippen MR) is 63.0 cm³/mol. The molecule has 0 aliphatic heterocycles. The van der Waals surface area contributed by atoms with Gasteiger partial charge in [0.25, 0.3) is 0 Å². The number of aryl methyl sites for hydroxylation is 2. The molecule has 0 aromatic carbocycles. The Labute approximate surface area is 95.5 Å². The van der Waals surface area contributed by atoms with E-state index in [1.54, 1.807) is 6.20 Å².